The standard InChI is InChI=1S/C10H11ClF2N2O2/c1-2-17-10(16)7-5(3-14)8(9(12)13)15-4-6(7)11/h4,9H,2-3,14H2,1H3. The Labute approximate surface area is 102 Å². The highest BCUT2D eigenvalue weighted by molar-refractivity contribution is 6.33. The number of hydrogen-bond acceptors (Lipinski definition) is 4. The highest BCUT2D eigenvalue weighted by Crippen LogP contribution is 2.28. The second kappa shape index (κ2) is 5.88. The molecule has 0 aliphatic heterocycles. The van der Waals surface area contributed by atoms with Crippen molar-refractivity contribution in [3.05, 3.63) is 28.0 Å². The van der Waals surface area contributed by atoms with Gasteiger partial charge < -0.3 is 10.5 Å². The van der Waals surface area contributed by atoms with Crippen LogP contribution in [0.1, 0.15) is 35.0 Å². The summed E-state index contributed by atoms with van der Waals surface area (Å²) in [4.78, 5) is 15.1. The number of aromatic nitrogens is 1. The van der Waals surface area contributed by atoms with Gasteiger partial charge in [-0.05, 0) is 6.92 Å². The number of hydrogen-bond donors (Lipinski definition) is 1. The van der Waals surface area contributed by atoms with E-state index >= 15 is 0 Å². The first-order valence-electron chi connectivity index (χ1n) is 4.85. The minimum Gasteiger partial charge on any atom is -0.462 e. The number of carbonyl (C=O) groups excluding carboxylic acids is 1. The first-order chi connectivity index (χ1) is 8.02. The van der Waals surface area contributed by atoms with Crippen LogP contribution in [-0.4, -0.2) is 17.6 Å². The summed E-state index contributed by atoms with van der Waals surface area (Å²) in [7, 11) is 0. The van der Waals surface area contributed by atoms with Crippen molar-refractivity contribution in [2.24, 2.45) is 5.73 Å². The average Bonchev–Trinajstić information content (AvgIpc) is 2.28. The zero-order valence-electron chi connectivity index (χ0n) is 9.04. The monoisotopic (exact) mass is 264 g/mol. The minimum atomic E-state index is -2.82. The van der Waals surface area contributed by atoms with Gasteiger partial charge >= 0.3 is 5.97 Å². The van der Waals surface area contributed by atoms with Gasteiger partial charge in [-0.1, -0.05) is 11.6 Å². The Hall–Kier alpha value is -1.27. The molecule has 1 aromatic heterocycles. The van der Waals surface area contributed by atoms with Crippen molar-refractivity contribution in [3.63, 3.8) is 0 Å². The molecule has 0 aliphatic carbocycles. The lowest BCUT2D eigenvalue weighted by Gasteiger charge is -2.12. The molecule has 0 unspecified atom stereocenters. The van der Waals surface area contributed by atoms with Crippen molar-refractivity contribution in [1.82, 2.24) is 4.98 Å². The Bertz CT molecular complexity index is 427. The van der Waals surface area contributed by atoms with Crippen LogP contribution in [0.2, 0.25) is 5.02 Å². The Morgan fingerprint density at radius 2 is 2.29 bits per heavy atom. The predicted octanol–water partition coefficient (Wildman–Crippen LogP) is 2.31. The summed E-state index contributed by atoms with van der Waals surface area (Å²) >= 11 is 5.75. The Balaban J connectivity index is 3.35. The van der Waals surface area contributed by atoms with Crippen LogP contribution in [-0.2, 0) is 11.3 Å². The fourth-order valence-electron chi connectivity index (χ4n) is 1.36. The van der Waals surface area contributed by atoms with Crippen LogP contribution in [0, 0.1) is 0 Å². The molecule has 4 nitrogen and oxygen atoms in total. The molecule has 17 heavy (non-hydrogen) atoms. The van der Waals surface area contributed by atoms with E-state index in [0.29, 0.717) is 0 Å². The normalized spacial score (nSPS) is 10.7. The first kappa shape index (κ1) is 13.8. The number of rotatable bonds is 4. The van der Waals surface area contributed by atoms with Crippen LogP contribution < -0.4 is 5.73 Å². The van der Waals surface area contributed by atoms with Gasteiger partial charge in [0.05, 0.1) is 17.2 Å². The highest BCUT2D eigenvalue weighted by Gasteiger charge is 2.24. The number of pyridine rings is 1. The second-order valence-corrected chi connectivity index (χ2v) is 3.48. The van der Waals surface area contributed by atoms with Crippen LogP contribution >= 0.6 is 11.6 Å². The smallest absolute Gasteiger partial charge is 0.340 e. The highest BCUT2D eigenvalue weighted by atomic mass is 35.5. The van der Waals surface area contributed by atoms with Crippen LogP contribution in [0.5, 0.6) is 0 Å². The molecule has 0 aromatic carbocycles. The van der Waals surface area contributed by atoms with Gasteiger partial charge in [0.2, 0.25) is 0 Å². The number of nitrogens with zero attached hydrogens (tertiary/aromatic N) is 1. The lowest BCUT2D eigenvalue weighted by atomic mass is 10.1. The Kier molecular flexibility index (Phi) is 4.77. The maximum absolute atomic E-state index is 12.7. The molecule has 0 atom stereocenters. The number of halogens is 3. The number of alkyl halides is 2. The molecular formula is C10H11ClF2N2O2. The second-order valence-electron chi connectivity index (χ2n) is 3.07. The fraction of sp³-hybridized carbons (Fsp3) is 0.400. The zero-order valence-corrected chi connectivity index (χ0v) is 9.80. The van der Waals surface area contributed by atoms with E-state index in [4.69, 9.17) is 22.1 Å². The molecule has 0 saturated carbocycles. The van der Waals surface area contributed by atoms with E-state index in [1.807, 2.05) is 0 Å². The van der Waals surface area contributed by atoms with Crippen molar-refractivity contribution in [2.75, 3.05) is 6.61 Å². The molecule has 0 spiro atoms. The molecule has 7 heteroatoms. The van der Waals surface area contributed by atoms with Crippen LogP contribution in [0.3, 0.4) is 0 Å². The summed E-state index contributed by atoms with van der Waals surface area (Å²) in [6, 6.07) is 0. The predicted molar refractivity (Wildman–Crippen MR) is 58.1 cm³/mol. The number of nitrogens with two attached hydrogens (primary N) is 1. The molecular weight excluding hydrogens is 254 g/mol. The molecule has 1 heterocycles. The van der Waals surface area contributed by atoms with Gasteiger partial charge in [-0.25, -0.2) is 13.6 Å². The largest absolute Gasteiger partial charge is 0.462 e. The van der Waals surface area contributed by atoms with Crippen LogP contribution in [0.15, 0.2) is 6.20 Å². The average molecular weight is 265 g/mol. The SMILES string of the molecule is CCOC(=O)c1c(Cl)cnc(C(F)F)c1CN. The lowest BCUT2D eigenvalue weighted by molar-refractivity contribution is 0.0524. The number of esters is 1. The Morgan fingerprint density at radius 1 is 1.65 bits per heavy atom. The summed E-state index contributed by atoms with van der Waals surface area (Å²) in [5.74, 6) is -0.776. The van der Waals surface area contributed by atoms with Crippen molar-refractivity contribution < 1.29 is 18.3 Å². The number of ether oxygens (including phenoxy) is 1. The van der Waals surface area contributed by atoms with Crippen LogP contribution in [0.25, 0.3) is 0 Å². The van der Waals surface area contributed by atoms with E-state index in [1.165, 1.54) is 0 Å². The fourth-order valence-corrected chi connectivity index (χ4v) is 1.60. The summed E-state index contributed by atoms with van der Waals surface area (Å²) in [6.07, 6.45) is -1.83. The van der Waals surface area contributed by atoms with Gasteiger partial charge in [0.25, 0.3) is 6.43 Å². The molecule has 0 saturated heterocycles. The van der Waals surface area contributed by atoms with Gasteiger partial charge in [-0.3, -0.25) is 4.98 Å². The Morgan fingerprint density at radius 3 is 2.76 bits per heavy atom. The molecule has 0 aliphatic rings. The van der Waals surface area contributed by atoms with E-state index in [0.717, 1.165) is 6.20 Å². The zero-order chi connectivity index (χ0) is 13.0. The maximum Gasteiger partial charge on any atom is 0.340 e. The van der Waals surface area contributed by atoms with Crippen LogP contribution in [0.4, 0.5) is 8.78 Å². The summed E-state index contributed by atoms with van der Waals surface area (Å²) in [6.45, 7) is 1.45. The van der Waals surface area contributed by atoms with Crippen molar-refractivity contribution in [2.45, 2.75) is 19.9 Å². The third-order valence-electron chi connectivity index (χ3n) is 2.06. The molecule has 2 N–H and O–H groups in total. The lowest BCUT2D eigenvalue weighted by Crippen LogP contribution is -2.15. The van der Waals surface area contributed by atoms with Gasteiger partial charge in [0, 0.05) is 18.3 Å². The van der Waals surface area contributed by atoms with Gasteiger partial charge in [0.15, 0.2) is 0 Å². The summed E-state index contributed by atoms with van der Waals surface area (Å²) in [5, 5.41) is -0.0479. The van der Waals surface area contributed by atoms with E-state index < -0.39 is 18.1 Å². The van der Waals surface area contributed by atoms with E-state index in [-0.39, 0.29) is 29.3 Å². The quantitative estimate of drug-likeness (QED) is 0.848. The molecule has 0 radical (unpaired) electrons. The molecule has 94 valence electrons. The molecule has 1 aromatic rings. The third kappa shape index (κ3) is 2.89. The van der Waals surface area contributed by atoms with E-state index in [9.17, 15) is 13.6 Å². The van der Waals surface area contributed by atoms with E-state index in [2.05, 4.69) is 4.98 Å². The van der Waals surface area contributed by atoms with Gasteiger partial charge in [-0.15, -0.1) is 0 Å². The third-order valence-corrected chi connectivity index (χ3v) is 2.34. The van der Waals surface area contributed by atoms with Crippen molar-refractivity contribution >= 4 is 17.6 Å². The summed E-state index contributed by atoms with van der Waals surface area (Å²) in [5.41, 5.74) is 4.60. The molecule has 0 amide bonds. The van der Waals surface area contributed by atoms with Gasteiger partial charge in [-0.2, -0.15) is 0 Å². The van der Waals surface area contributed by atoms with E-state index in [1.54, 1.807) is 6.92 Å². The molecule has 0 bridgehead atoms. The summed E-state index contributed by atoms with van der Waals surface area (Å²) < 4.78 is 30.1. The first-order valence-corrected chi connectivity index (χ1v) is 5.23. The maximum atomic E-state index is 12.7. The van der Waals surface area contributed by atoms with Crippen molar-refractivity contribution in [3.8, 4) is 0 Å². The number of carbonyl (C=O) groups is 1. The minimum absolute atomic E-state index is 0.0479. The van der Waals surface area contributed by atoms with Crippen molar-refractivity contribution in [1.29, 1.82) is 0 Å². The van der Waals surface area contributed by atoms with Gasteiger partial charge in [0.1, 0.15) is 5.69 Å². The topological polar surface area (TPSA) is 65.2 Å². The molecule has 0 fully saturated rings. The molecule has 1 rings (SSSR count).